The average Bonchev–Trinajstić information content (AvgIpc) is 3.53. The van der Waals surface area contributed by atoms with E-state index in [2.05, 4.69) is 177 Å². The van der Waals surface area contributed by atoms with Crippen LogP contribution < -0.4 is 0 Å². The molecule has 0 saturated heterocycles. The van der Waals surface area contributed by atoms with Gasteiger partial charge in [-0.05, 0) is 57.5 Å². The highest BCUT2D eigenvalue weighted by Gasteiger charge is 2.54. The van der Waals surface area contributed by atoms with Crippen molar-refractivity contribution in [1.82, 2.24) is 9.47 Å². The summed E-state index contributed by atoms with van der Waals surface area (Å²) in [5.74, 6) is 1.62. The van der Waals surface area contributed by atoms with Crippen LogP contribution in [-0.2, 0) is 11.8 Å². The van der Waals surface area contributed by atoms with E-state index in [1.54, 1.807) is 0 Å². The molecule has 4 heteroatoms. The number of amidine groups is 1. The first-order valence-electron chi connectivity index (χ1n) is 16.9. The quantitative estimate of drug-likeness (QED) is 0.193. The lowest BCUT2D eigenvalue weighted by Gasteiger charge is -2.42. The Kier molecular flexibility index (Phi) is 6.29. The molecule has 0 amide bonds. The van der Waals surface area contributed by atoms with E-state index in [1.165, 1.54) is 44.5 Å². The van der Waals surface area contributed by atoms with Gasteiger partial charge in [-0.1, -0.05) is 148 Å². The topological polar surface area (TPSA) is 32.9 Å². The van der Waals surface area contributed by atoms with Crippen LogP contribution in [0.3, 0.4) is 0 Å². The smallest absolute Gasteiger partial charge is 0.234 e. The Morgan fingerprint density at radius 1 is 0.688 bits per heavy atom. The number of nitrogens with zero attached hydrogens (tertiary/aromatic N) is 4. The largest absolute Gasteiger partial charge is 0.333 e. The van der Waals surface area contributed by atoms with Crippen molar-refractivity contribution < 1.29 is 0 Å². The van der Waals surface area contributed by atoms with Crippen LogP contribution in [0.5, 0.6) is 0 Å². The fourth-order valence-corrected chi connectivity index (χ4v) is 8.38. The summed E-state index contributed by atoms with van der Waals surface area (Å²) in [5.41, 5.74) is 12.4. The van der Waals surface area contributed by atoms with E-state index in [9.17, 15) is 0 Å². The molecule has 0 bridgehead atoms. The fraction of sp³-hybridized carbons (Fsp3) is 0.182. The van der Waals surface area contributed by atoms with Crippen LogP contribution in [0.4, 0.5) is 0 Å². The summed E-state index contributed by atoms with van der Waals surface area (Å²) in [6.07, 6.45) is 3.17. The lowest BCUT2D eigenvalue weighted by Crippen LogP contribution is -2.38. The number of hydrogen-bond donors (Lipinski definition) is 0. The summed E-state index contributed by atoms with van der Waals surface area (Å²) in [7, 11) is 2.10. The molecule has 4 nitrogen and oxygen atoms in total. The minimum atomic E-state index is -0.230. The van der Waals surface area contributed by atoms with Crippen molar-refractivity contribution in [2.45, 2.75) is 38.8 Å². The van der Waals surface area contributed by atoms with Crippen molar-refractivity contribution in [1.29, 1.82) is 0 Å². The molecule has 2 unspecified atom stereocenters. The molecule has 0 fully saturated rings. The molecule has 0 radical (unpaired) electrons. The molecule has 0 spiro atoms. The lowest BCUT2D eigenvalue weighted by atomic mass is 9.61. The van der Waals surface area contributed by atoms with E-state index in [0.29, 0.717) is 5.96 Å². The van der Waals surface area contributed by atoms with Crippen molar-refractivity contribution in [3.63, 3.8) is 0 Å². The predicted octanol–water partition coefficient (Wildman–Crippen LogP) is 10.00. The summed E-state index contributed by atoms with van der Waals surface area (Å²) < 4.78 is 2.35. The fourth-order valence-electron chi connectivity index (χ4n) is 8.38. The second-order valence-electron chi connectivity index (χ2n) is 14.2. The number of fused-ring (bicyclic) bond motifs is 6. The highest BCUT2D eigenvalue weighted by Crippen LogP contribution is 2.62. The third-order valence-electron chi connectivity index (χ3n) is 11.4. The zero-order chi connectivity index (χ0) is 32.6. The molecule has 48 heavy (non-hydrogen) atoms. The number of aromatic nitrogens is 1. The van der Waals surface area contributed by atoms with E-state index < -0.39 is 0 Å². The lowest BCUT2D eigenvalue weighted by molar-refractivity contribution is 0.267. The van der Waals surface area contributed by atoms with Crippen LogP contribution >= 0.6 is 0 Å². The van der Waals surface area contributed by atoms with Crippen molar-refractivity contribution in [2.75, 3.05) is 7.05 Å². The molecule has 2 aliphatic carbocycles. The highest BCUT2D eigenvalue weighted by molar-refractivity contribution is 6.12. The zero-order valence-electron chi connectivity index (χ0n) is 27.9. The Bertz CT molecular complexity index is 2310. The number of aliphatic imine (C=N–C) groups is 2. The van der Waals surface area contributed by atoms with E-state index >= 15 is 0 Å². The maximum atomic E-state index is 5.48. The third-order valence-corrected chi connectivity index (χ3v) is 11.4. The molecule has 6 aromatic rings. The molecule has 5 aromatic carbocycles. The van der Waals surface area contributed by atoms with Gasteiger partial charge in [0.15, 0.2) is 6.17 Å². The second kappa shape index (κ2) is 10.5. The summed E-state index contributed by atoms with van der Waals surface area (Å²) in [6.45, 7) is 7.31. The summed E-state index contributed by atoms with van der Waals surface area (Å²) in [5, 5.41) is 1.27. The second-order valence-corrected chi connectivity index (χ2v) is 14.2. The van der Waals surface area contributed by atoms with Crippen molar-refractivity contribution in [2.24, 2.45) is 15.4 Å². The molecule has 234 valence electrons. The van der Waals surface area contributed by atoms with Gasteiger partial charge < -0.3 is 4.90 Å². The van der Waals surface area contributed by atoms with Gasteiger partial charge in [-0.15, -0.1) is 0 Å². The van der Waals surface area contributed by atoms with Gasteiger partial charge in [-0.25, -0.2) is 4.99 Å². The van der Waals surface area contributed by atoms with E-state index in [-0.39, 0.29) is 17.0 Å². The molecule has 1 aromatic heterocycles. The first-order valence-corrected chi connectivity index (χ1v) is 16.9. The molecule has 0 N–H and O–H groups in total. The van der Waals surface area contributed by atoms with Crippen LogP contribution in [0.15, 0.2) is 143 Å². The Morgan fingerprint density at radius 3 is 2.06 bits per heavy atom. The van der Waals surface area contributed by atoms with Gasteiger partial charge in [-0.2, -0.15) is 4.99 Å². The van der Waals surface area contributed by atoms with Crippen LogP contribution in [0, 0.1) is 5.41 Å². The van der Waals surface area contributed by atoms with Gasteiger partial charge in [0.2, 0.25) is 5.96 Å². The van der Waals surface area contributed by atoms with Gasteiger partial charge in [0.05, 0.1) is 11.2 Å². The molecule has 2 atom stereocenters. The molecular weight excluding hydrogens is 585 g/mol. The standard InChI is InChI=1S/C44H38N4/c1-43(2)36-23-15-14-22-34(36)37-27-39-35(28-44(37,43)3)33-25-24-32(29-16-8-5-9-17-29)26-38(33)48(39)42-45-40(30-18-10-6-11-19-30)47(4)41(46-42)31-20-12-7-13-21-31/h5-27,40H,28H2,1-4H3. The Balaban J connectivity index is 1.35. The SMILES string of the molecule is CN1C(c2ccccc2)=NC(n2c3c(c4ccc(-c5ccccc5)cc42)CC2(C)C(=C3)c3ccccc3C2(C)C)=NC1c1ccccc1. The summed E-state index contributed by atoms with van der Waals surface area (Å²) in [6, 6.07) is 47.7. The number of benzene rings is 5. The van der Waals surface area contributed by atoms with Gasteiger partial charge >= 0.3 is 0 Å². The predicted molar refractivity (Wildman–Crippen MR) is 199 cm³/mol. The molecular formula is C44H38N4. The van der Waals surface area contributed by atoms with Crippen molar-refractivity contribution >= 4 is 34.3 Å². The third kappa shape index (κ3) is 4.08. The summed E-state index contributed by atoms with van der Waals surface area (Å²) >= 11 is 0. The molecule has 0 saturated carbocycles. The van der Waals surface area contributed by atoms with Gasteiger partial charge in [0.25, 0.3) is 0 Å². The first kappa shape index (κ1) is 28.7. The van der Waals surface area contributed by atoms with Crippen LogP contribution in [0.25, 0.3) is 33.7 Å². The van der Waals surface area contributed by atoms with Crippen LogP contribution in [-0.4, -0.2) is 28.3 Å². The minimum absolute atomic E-state index is 0.0202. The maximum Gasteiger partial charge on any atom is 0.234 e. The Morgan fingerprint density at radius 2 is 1.33 bits per heavy atom. The van der Waals surface area contributed by atoms with Crippen molar-refractivity contribution in [3.05, 3.63) is 167 Å². The Labute approximate surface area is 282 Å². The number of hydrogen-bond acceptors (Lipinski definition) is 3. The maximum absolute atomic E-state index is 5.48. The van der Waals surface area contributed by atoms with Crippen LogP contribution in [0.2, 0.25) is 0 Å². The molecule has 9 rings (SSSR count). The van der Waals surface area contributed by atoms with E-state index in [4.69, 9.17) is 9.98 Å². The zero-order valence-corrected chi connectivity index (χ0v) is 27.9. The summed E-state index contributed by atoms with van der Waals surface area (Å²) in [4.78, 5) is 13.1. The van der Waals surface area contributed by atoms with Crippen LogP contribution in [0.1, 0.15) is 60.4 Å². The van der Waals surface area contributed by atoms with Gasteiger partial charge in [0, 0.05) is 28.8 Å². The Hall–Kier alpha value is -5.48. The minimum Gasteiger partial charge on any atom is -0.333 e. The average molecular weight is 623 g/mol. The molecule has 2 heterocycles. The first-order chi connectivity index (χ1) is 23.3. The monoisotopic (exact) mass is 622 g/mol. The molecule has 1 aliphatic heterocycles. The number of allylic oxidation sites excluding steroid dienone is 1. The van der Waals surface area contributed by atoms with E-state index in [0.717, 1.165) is 28.9 Å². The normalized spacial score (nSPS) is 20.8. The van der Waals surface area contributed by atoms with Gasteiger partial charge in [0.1, 0.15) is 5.84 Å². The highest BCUT2D eigenvalue weighted by atomic mass is 15.4. The van der Waals surface area contributed by atoms with Gasteiger partial charge in [-0.3, -0.25) is 4.57 Å². The number of rotatable bonds is 3. The van der Waals surface area contributed by atoms with E-state index in [1.807, 2.05) is 0 Å². The molecule has 3 aliphatic rings. The van der Waals surface area contributed by atoms with Crippen molar-refractivity contribution in [3.8, 4) is 11.1 Å².